The Morgan fingerprint density at radius 2 is 1.48 bits per heavy atom. The summed E-state index contributed by atoms with van der Waals surface area (Å²) in [4.78, 5) is 0. The van der Waals surface area contributed by atoms with Gasteiger partial charge in [-0.3, -0.25) is 0 Å². The van der Waals surface area contributed by atoms with E-state index in [-0.39, 0.29) is 51.0 Å². The molecule has 0 heterocycles. The van der Waals surface area contributed by atoms with Gasteiger partial charge in [0.15, 0.2) is 0 Å². The quantitative estimate of drug-likeness (QED) is 0.487. The molecule has 0 bridgehead atoms. The minimum absolute atomic E-state index is 0. The van der Waals surface area contributed by atoms with E-state index >= 15 is 0 Å². The van der Waals surface area contributed by atoms with Gasteiger partial charge in [-0.15, -0.1) is 29.7 Å². The van der Waals surface area contributed by atoms with Crippen molar-refractivity contribution in [2.45, 2.75) is 63.2 Å². The Hall–Kier alpha value is -0.357. The zero-order valence-corrected chi connectivity index (χ0v) is 19.8. The summed E-state index contributed by atoms with van der Waals surface area (Å²) in [6, 6.07) is 22.0. The van der Waals surface area contributed by atoms with Gasteiger partial charge in [0.2, 0.25) is 0 Å². The third-order valence-electron chi connectivity index (χ3n) is 6.00. The average molecular weight is 479 g/mol. The number of halogens is 2. The molecule has 142 valence electrons. The van der Waals surface area contributed by atoms with E-state index in [1.54, 1.807) is 11.1 Å². The van der Waals surface area contributed by atoms with E-state index in [2.05, 4.69) is 60.7 Å². The fourth-order valence-electron chi connectivity index (χ4n) is 4.58. The summed E-state index contributed by atoms with van der Waals surface area (Å²) in [6.07, 6.45) is 11.6. The second kappa shape index (κ2) is 12.3. The molecule has 0 N–H and O–H groups in total. The molecule has 0 amide bonds. The Bertz CT molecular complexity index is 701. The second-order valence-corrected chi connectivity index (χ2v) is 7.60. The van der Waals surface area contributed by atoms with E-state index < -0.39 is 0 Å². The first-order valence-corrected chi connectivity index (χ1v) is 9.77. The molecule has 0 saturated heterocycles. The van der Waals surface area contributed by atoms with Gasteiger partial charge in [0, 0.05) is 0 Å². The van der Waals surface area contributed by atoms with Crippen molar-refractivity contribution in [2.75, 3.05) is 0 Å². The van der Waals surface area contributed by atoms with Crippen LogP contribution in [0.2, 0.25) is 0 Å². The van der Waals surface area contributed by atoms with Crippen LogP contribution < -0.4 is 24.8 Å². The summed E-state index contributed by atoms with van der Waals surface area (Å²) in [7, 11) is 0. The SMILES string of the molecule is [Cl-].[Cl-].[Zr+4].c1c[c-](C2CCCC2)cc1C1CCCC1.c1ccc2[cH-]ccc2c1. The molecular formula is C24H28Cl2Zr. The molecule has 2 aliphatic carbocycles. The standard InChI is InChI=1S/C15H21.C9H7.2ClH.Zr/c1-2-6-12(5-1)14-9-10-15(11-14)13-7-3-4-8-13;1-2-5-9-7-3-6-8(9)4-1;;;/h9-13H,1-8H2;1-7H;2*1H;/q2*-1;;;+4/p-2. The summed E-state index contributed by atoms with van der Waals surface area (Å²) in [5.41, 5.74) is 3.30. The second-order valence-electron chi connectivity index (χ2n) is 7.60. The van der Waals surface area contributed by atoms with Crippen LogP contribution in [0.3, 0.4) is 0 Å². The van der Waals surface area contributed by atoms with Crippen molar-refractivity contribution in [3.63, 3.8) is 0 Å². The average Bonchev–Trinajstić information content (AvgIpc) is 3.44. The van der Waals surface area contributed by atoms with E-state index in [1.165, 1.54) is 62.1 Å². The van der Waals surface area contributed by atoms with Crippen molar-refractivity contribution < 1.29 is 51.0 Å². The molecule has 0 aliphatic heterocycles. The molecule has 0 aromatic heterocycles. The first-order valence-electron chi connectivity index (χ1n) is 9.77. The zero-order valence-electron chi connectivity index (χ0n) is 15.8. The molecule has 5 rings (SSSR count). The summed E-state index contributed by atoms with van der Waals surface area (Å²) >= 11 is 0. The Labute approximate surface area is 195 Å². The van der Waals surface area contributed by atoms with Gasteiger partial charge in [-0.2, -0.15) is 40.8 Å². The van der Waals surface area contributed by atoms with Crippen molar-refractivity contribution in [2.24, 2.45) is 0 Å². The summed E-state index contributed by atoms with van der Waals surface area (Å²) in [5, 5.41) is 2.66. The van der Waals surface area contributed by atoms with Crippen molar-refractivity contribution in [3.05, 3.63) is 71.8 Å². The van der Waals surface area contributed by atoms with Gasteiger partial charge in [-0.25, -0.2) is 6.07 Å². The van der Waals surface area contributed by atoms with Crippen molar-refractivity contribution in [1.82, 2.24) is 0 Å². The fourth-order valence-corrected chi connectivity index (χ4v) is 4.58. The monoisotopic (exact) mass is 476 g/mol. The molecule has 0 spiro atoms. The van der Waals surface area contributed by atoms with E-state index in [0.29, 0.717) is 0 Å². The Balaban J connectivity index is 0.000000266. The molecule has 2 saturated carbocycles. The van der Waals surface area contributed by atoms with Crippen LogP contribution >= 0.6 is 0 Å². The van der Waals surface area contributed by atoms with Gasteiger partial charge in [0.25, 0.3) is 0 Å². The molecule has 0 unspecified atom stereocenters. The largest absolute Gasteiger partial charge is 4.00 e. The molecule has 0 radical (unpaired) electrons. The van der Waals surface area contributed by atoms with Crippen molar-refractivity contribution in [3.8, 4) is 0 Å². The predicted octanol–water partition coefficient (Wildman–Crippen LogP) is 1.28. The predicted molar refractivity (Wildman–Crippen MR) is 104 cm³/mol. The minimum atomic E-state index is 0. The maximum absolute atomic E-state index is 2.52. The minimum Gasteiger partial charge on any atom is -1.00 e. The molecule has 0 atom stereocenters. The van der Waals surface area contributed by atoms with Crippen LogP contribution in [0.1, 0.15) is 74.3 Å². The molecule has 3 aromatic carbocycles. The summed E-state index contributed by atoms with van der Waals surface area (Å²) in [6.45, 7) is 0. The van der Waals surface area contributed by atoms with Crippen LogP contribution in [0, 0.1) is 0 Å². The van der Waals surface area contributed by atoms with Gasteiger partial charge < -0.3 is 24.8 Å². The number of rotatable bonds is 2. The fraction of sp³-hybridized carbons (Fsp3) is 0.417. The summed E-state index contributed by atoms with van der Waals surface area (Å²) < 4.78 is 0. The van der Waals surface area contributed by atoms with Gasteiger partial charge in [-0.1, -0.05) is 69.3 Å². The maximum Gasteiger partial charge on any atom is 4.00 e. The third kappa shape index (κ3) is 6.32. The van der Waals surface area contributed by atoms with Gasteiger partial charge in [0.1, 0.15) is 0 Å². The molecule has 0 nitrogen and oxygen atoms in total. The van der Waals surface area contributed by atoms with Crippen molar-refractivity contribution in [1.29, 1.82) is 0 Å². The Morgan fingerprint density at radius 1 is 0.815 bits per heavy atom. The van der Waals surface area contributed by atoms with Gasteiger partial charge in [0.05, 0.1) is 0 Å². The van der Waals surface area contributed by atoms with Crippen LogP contribution in [-0.4, -0.2) is 0 Å². The number of hydrogen-bond acceptors (Lipinski definition) is 0. The van der Waals surface area contributed by atoms with E-state index in [0.717, 1.165) is 11.8 Å². The van der Waals surface area contributed by atoms with E-state index in [9.17, 15) is 0 Å². The van der Waals surface area contributed by atoms with Crippen LogP contribution in [0.15, 0.2) is 60.7 Å². The molecular weight excluding hydrogens is 450 g/mol. The number of fused-ring (bicyclic) bond motifs is 1. The number of hydrogen-bond donors (Lipinski definition) is 0. The number of benzene rings is 1. The Kier molecular flexibility index (Phi) is 11.2. The first-order chi connectivity index (χ1) is 11.9. The van der Waals surface area contributed by atoms with E-state index in [1.807, 2.05) is 0 Å². The van der Waals surface area contributed by atoms with Gasteiger partial charge in [-0.05, 0) is 0 Å². The normalized spacial score (nSPS) is 16.7. The summed E-state index contributed by atoms with van der Waals surface area (Å²) in [5.74, 6) is 1.81. The molecule has 2 aliphatic rings. The van der Waals surface area contributed by atoms with Crippen LogP contribution in [0.5, 0.6) is 0 Å². The molecule has 3 aromatic rings. The Morgan fingerprint density at radius 3 is 2.19 bits per heavy atom. The molecule has 27 heavy (non-hydrogen) atoms. The smallest absolute Gasteiger partial charge is 1.00 e. The molecule has 2 fully saturated rings. The van der Waals surface area contributed by atoms with Crippen molar-refractivity contribution >= 4 is 10.8 Å². The first kappa shape index (κ1) is 24.7. The van der Waals surface area contributed by atoms with Crippen LogP contribution in [0.4, 0.5) is 0 Å². The van der Waals surface area contributed by atoms with Crippen LogP contribution in [0.25, 0.3) is 10.8 Å². The third-order valence-corrected chi connectivity index (χ3v) is 6.00. The zero-order chi connectivity index (χ0) is 16.2. The van der Waals surface area contributed by atoms with E-state index in [4.69, 9.17) is 0 Å². The van der Waals surface area contributed by atoms with Crippen LogP contribution in [-0.2, 0) is 26.2 Å². The topological polar surface area (TPSA) is 0 Å². The molecule has 3 heteroatoms. The maximum atomic E-state index is 2.52. The van der Waals surface area contributed by atoms with Gasteiger partial charge >= 0.3 is 26.2 Å².